The van der Waals surface area contributed by atoms with Gasteiger partial charge in [0.15, 0.2) is 0 Å². The molecule has 0 aliphatic heterocycles. The summed E-state index contributed by atoms with van der Waals surface area (Å²) in [5, 5.41) is 0. The van der Waals surface area contributed by atoms with Crippen molar-refractivity contribution in [2.24, 2.45) is 0 Å². The Labute approximate surface area is 154 Å². The van der Waals surface area contributed by atoms with Gasteiger partial charge in [-0.05, 0) is 43.0 Å². The second-order valence-corrected chi connectivity index (χ2v) is 9.16. The summed E-state index contributed by atoms with van der Waals surface area (Å²) in [6, 6.07) is 10.7. The minimum absolute atomic E-state index is 0.0338. The lowest BCUT2D eigenvalue weighted by Crippen LogP contribution is -2.35. The SMILES string of the molecule is O=S(=O)(CCc1ccc(Br)cc1)N(Cc1ccc(F)cc1F)C1CC1. The molecule has 25 heavy (non-hydrogen) atoms. The van der Waals surface area contributed by atoms with Crippen molar-refractivity contribution in [2.75, 3.05) is 5.75 Å². The summed E-state index contributed by atoms with van der Waals surface area (Å²) in [5.74, 6) is -1.42. The monoisotopic (exact) mass is 429 g/mol. The fraction of sp³-hybridized carbons (Fsp3) is 0.333. The number of hydrogen-bond donors (Lipinski definition) is 0. The lowest BCUT2D eigenvalue weighted by Gasteiger charge is -2.22. The summed E-state index contributed by atoms with van der Waals surface area (Å²) in [4.78, 5) is 0. The molecule has 0 spiro atoms. The minimum Gasteiger partial charge on any atom is -0.212 e. The summed E-state index contributed by atoms with van der Waals surface area (Å²) in [5.41, 5.74) is 1.12. The highest BCUT2D eigenvalue weighted by Gasteiger charge is 2.37. The molecular weight excluding hydrogens is 412 g/mol. The van der Waals surface area contributed by atoms with Crippen molar-refractivity contribution in [1.82, 2.24) is 4.31 Å². The Hall–Kier alpha value is -1.31. The Morgan fingerprint density at radius 3 is 2.36 bits per heavy atom. The van der Waals surface area contributed by atoms with Crippen molar-refractivity contribution in [3.8, 4) is 0 Å². The lowest BCUT2D eigenvalue weighted by atomic mass is 10.2. The van der Waals surface area contributed by atoms with E-state index >= 15 is 0 Å². The molecule has 1 saturated carbocycles. The Morgan fingerprint density at radius 1 is 1.08 bits per heavy atom. The third-order valence-corrected chi connectivity index (χ3v) is 6.61. The molecule has 0 N–H and O–H groups in total. The second kappa shape index (κ2) is 7.51. The highest BCUT2D eigenvalue weighted by Crippen LogP contribution is 2.32. The van der Waals surface area contributed by atoms with Crippen molar-refractivity contribution in [3.05, 3.63) is 69.7 Å². The van der Waals surface area contributed by atoms with E-state index in [9.17, 15) is 17.2 Å². The van der Waals surface area contributed by atoms with E-state index < -0.39 is 21.7 Å². The molecule has 134 valence electrons. The van der Waals surface area contributed by atoms with Crippen LogP contribution in [0, 0.1) is 11.6 Å². The van der Waals surface area contributed by atoms with Gasteiger partial charge in [-0.2, -0.15) is 4.31 Å². The van der Waals surface area contributed by atoms with Crippen LogP contribution in [0.25, 0.3) is 0 Å². The quantitative estimate of drug-likeness (QED) is 0.658. The summed E-state index contributed by atoms with van der Waals surface area (Å²) in [6.07, 6.45) is 1.95. The fourth-order valence-corrected chi connectivity index (χ4v) is 4.64. The molecule has 3 rings (SSSR count). The first kappa shape index (κ1) is 18.5. The van der Waals surface area contributed by atoms with Crippen LogP contribution in [0.1, 0.15) is 24.0 Å². The van der Waals surface area contributed by atoms with Crippen LogP contribution < -0.4 is 0 Å². The van der Waals surface area contributed by atoms with Gasteiger partial charge >= 0.3 is 0 Å². The van der Waals surface area contributed by atoms with Gasteiger partial charge in [0.05, 0.1) is 5.75 Å². The third kappa shape index (κ3) is 4.86. The molecule has 0 radical (unpaired) electrons. The summed E-state index contributed by atoms with van der Waals surface area (Å²) in [6.45, 7) is -0.0561. The summed E-state index contributed by atoms with van der Waals surface area (Å²) < 4.78 is 54.8. The maximum Gasteiger partial charge on any atom is 0.214 e. The largest absolute Gasteiger partial charge is 0.214 e. The van der Waals surface area contributed by atoms with Crippen LogP contribution >= 0.6 is 15.9 Å². The highest BCUT2D eigenvalue weighted by molar-refractivity contribution is 9.10. The van der Waals surface area contributed by atoms with Crippen LogP contribution in [-0.2, 0) is 23.0 Å². The standard InChI is InChI=1S/C18H18BrF2NO2S/c19-15-4-1-13(2-5-15)9-10-25(23,24)22(17-7-8-17)12-14-3-6-16(20)11-18(14)21/h1-6,11,17H,7-10,12H2. The third-order valence-electron chi connectivity index (χ3n) is 4.21. The molecule has 7 heteroatoms. The van der Waals surface area contributed by atoms with Gasteiger partial charge in [0.1, 0.15) is 11.6 Å². The van der Waals surface area contributed by atoms with Crippen molar-refractivity contribution >= 4 is 26.0 Å². The van der Waals surface area contributed by atoms with Gasteiger partial charge in [-0.25, -0.2) is 17.2 Å². The van der Waals surface area contributed by atoms with E-state index in [1.165, 1.54) is 10.4 Å². The molecule has 3 nitrogen and oxygen atoms in total. The van der Waals surface area contributed by atoms with Crippen LogP contribution in [0.3, 0.4) is 0 Å². The summed E-state index contributed by atoms with van der Waals surface area (Å²) >= 11 is 3.35. The molecule has 1 fully saturated rings. The highest BCUT2D eigenvalue weighted by atomic mass is 79.9. The lowest BCUT2D eigenvalue weighted by molar-refractivity contribution is 0.391. The topological polar surface area (TPSA) is 37.4 Å². The van der Waals surface area contributed by atoms with Gasteiger partial charge in [-0.3, -0.25) is 0 Å². The van der Waals surface area contributed by atoms with Crippen molar-refractivity contribution in [3.63, 3.8) is 0 Å². The molecule has 0 bridgehead atoms. The van der Waals surface area contributed by atoms with E-state index in [4.69, 9.17) is 0 Å². The maximum atomic E-state index is 13.9. The average molecular weight is 430 g/mol. The fourth-order valence-electron chi connectivity index (χ4n) is 2.65. The molecule has 0 heterocycles. The van der Waals surface area contributed by atoms with Gasteiger partial charge in [0.2, 0.25) is 10.0 Å². The van der Waals surface area contributed by atoms with Gasteiger partial charge in [0.25, 0.3) is 0 Å². The molecule has 2 aromatic rings. The molecule has 0 atom stereocenters. The van der Waals surface area contributed by atoms with E-state index in [2.05, 4.69) is 15.9 Å². The zero-order valence-electron chi connectivity index (χ0n) is 13.5. The Morgan fingerprint density at radius 2 is 1.76 bits per heavy atom. The second-order valence-electron chi connectivity index (χ2n) is 6.20. The molecule has 1 aliphatic carbocycles. The molecule has 0 saturated heterocycles. The molecule has 0 amide bonds. The zero-order chi connectivity index (χ0) is 18.0. The van der Waals surface area contributed by atoms with E-state index in [0.29, 0.717) is 6.42 Å². The number of sulfonamides is 1. The minimum atomic E-state index is -3.53. The van der Waals surface area contributed by atoms with Crippen molar-refractivity contribution in [2.45, 2.75) is 31.8 Å². The van der Waals surface area contributed by atoms with Crippen LogP contribution in [0.4, 0.5) is 8.78 Å². The Bertz CT molecular complexity index is 852. The average Bonchev–Trinajstić information content (AvgIpc) is 3.38. The number of aryl methyl sites for hydroxylation is 1. The van der Waals surface area contributed by atoms with Crippen molar-refractivity contribution in [1.29, 1.82) is 0 Å². The Balaban J connectivity index is 1.73. The molecule has 1 aliphatic rings. The predicted octanol–water partition coefficient (Wildman–Crippen LogP) is 4.26. The first-order chi connectivity index (χ1) is 11.8. The van der Waals surface area contributed by atoms with Crippen LogP contribution in [0.5, 0.6) is 0 Å². The number of rotatable bonds is 7. The van der Waals surface area contributed by atoms with Gasteiger partial charge < -0.3 is 0 Å². The molecule has 0 unspecified atom stereocenters. The zero-order valence-corrected chi connectivity index (χ0v) is 15.9. The van der Waals surface area contributed by atoms with Crippen LogP contribution in [-0.4, -0.2) is 24.5 Å². The summed E-state index contributed by atoms with van der Waals surface area (Å²) in [7, 11) is -3.53. The van der Waals surface area contributed by atoms with Crippen LogP contribution in [0.2, 0.25) is 0 Å². The normalized spacial score (nSPS) is 14.9. The van der Waals surface area contributed by atoms with Gasteiger partial charge in [-0.15, -0.1) is 0 Å². The Kier molecular flexibility index (Phi) is 5.55. The van der Waals surface area contributed by atoms with E-state index in [0.717, 1.165) is 35.0 Å². The van der Waals surface area contributed by atoms with Gasteiger partial charge in [0, 0.05) is 28.7 Å². The predicted molar refractivity (Wildman–Crippen MR) is 96.6 cm³/mol. The molecular formula is C18H18BrF2NO2S. The van der Waals surface area contributed by atoms with Crippen LogP contribution in [0.15, 0.2) is 46.9 Å². The first-order valence-corrected chi connectivity index (χ1v) is 10.4. The maximum absolute atomic E-state index is 13.9. The van der Waals surface area contributed by atoms with E-state index in [1.807, 2.05) is 24.3 Å². The van der Waals surface area contributed by atoms with E-state index in [-0.39, 0.29) is 23.9 Å². The smallest absolute Gasteiger partial charge is 0.212 e. The number of nitrogens with zero attached hydrogens (tertiary/aromatic N) is 1. The molecule has 2 aromatic carbocycles. The van der Waals surface area contributed by atoms with Gasteiger partial charge in [-0.1, -0.05) is 34.1 Å². The molecule has 0 aromatic heterocycles. The number of benzene rings is 2. The number of hydrogen-bond acceptors (Lipinski definition) is 2. The number of halogens is 3. The first-order valence-electron chi connectivity index (χ1n) is 8.03. The van der Waals surface area contributed by atoms with Crippen molar-refractivity contribution < 1.29 is 17.2 Å². The van der Waals surface area contributed by atoms with E-state index in [1.54, 1.807) is 0 Å².